The molecule has 1 aromatic carbocycles. The predicted octanol–water partition coefficient (Wildman–Crippen LogP) is 2.75. The molecule has 0 aliphatic heterocycles. The summed E-state index contributed by atoms with van der Waals surface area (Å²) >= 11 is 3.25. The van der Waals surface area contributed by atoms with Gasteiger partial charge in [0.1, 0.15) is 0 Å². The van der Waals surface area contributed by atoms with Gasteiger partial charge in [-0.05, 0) is 54.4 Å². The van der Waals surface area contributed by atoms with Crippen LogP contribution < -0.4 is 10.5 Å². The highest BCUT2D eigenvalue weighted by Gasteiger charge is 2.37. The number of nitrogens with two attached hydrogens (primary N) is 1. The van der Waals surface area contributed by atoms with E-state index in [4.69, 9.17) is 15.2 Å². The standard InChI is InChI=1S/C14H20BrNO4/c1-5-20-10-7-8(6-9(15)11(10)17)12(16)14(2,3)13(18)19-4/h6-7,12,17H,5,16H2,1-4H3/t12-/m1/s1. The van der Waals surface area contributed by atoms with Gasteiger partial charge in [-0.3, -0.25) is 4.79 Å². The van der Waals surface area contributed by atoms with Crippen LogP contribution in [0, 0.1) is 5.41 Å². The molecule has 1 aromatic rings. The van der Waals surface area contributed by atoms with Gasteiger partial charge in [0.05, 0.1) is 23.6 Å². The Morgan fingerprint density at radius 1 is 1.50 bits per heavy atom. The Bertz CT molecular complexity index is 502. The van der Waals surface area contributed by atoms with Crippen LogP contribution in [0.5, 0.6) is 11.5 Å². The SMILES string of the molecule is CCOc1cc([C@@H](N)C(C)(C)C(=O)OC)cc(Br)c1O. The molecule has 0 bridgehead atoms. The Kier molecular flexibility index (Phi) is 5.42. The molecule has 20 heavy (non-hydrogen) atoms. The van der Waals surface area contributed by atoms with E-state index in [1.165, 1.54) is 7.11 Å². The van der Waals surface area contributed by atoms with Gasteiger partial charge >= 0.3 is 5.97 Å². The molecule has 0 aromatic heterocycles. The zero-order chi connectivity index (χ0) is 15.5. The molecule has 0 aliphatic carbocycles. The third-order valence-electron chi connectivity index (χ3n) is 3.20. The lowest BCUT2D eigenvalue weighted by Gasteiger charge is -2.29. The minimum atomic E-state index is -0.894. The number of esters is 1. The van der Waals surface area contributed by atoms with Crippen LogP contribution in [0.3, 0.4) is 0 Å². The molecule has 5 nitrogen and oxygen atoms in total. The van der Waals surface area contributed by atoms with Gasteiger partial charge in [0.2, 0.25) is 0 Å². The summed E-state index contributed by atoms with van der Waals surface area (Å²) in [6.45, 7) is 5.66. The van der Waals surface area contributed by atoms with Crippen molar-refractivity contribution < 1.29 is 19.4 Å². The second-order valence-corrected chi connectivity index (χ2v) is 5.83. The minimum absolute atomic E-state index is 0.0127. The molecule has 0 amide bonds. The van der Waals surface area contributed by atoms with E-state index in [-0.39, 0.29) is 5.75 Å². The van der Waals surface area contributed by atoms with Crippen molar-refractivity contribution in [3.05, 3.63) is 22.2 Å². The van der Waals surface area contributed by atoms with Gasteiger partial charge in [0, 0.05) is 6.04 Å². The molecule has 1 atom stereocenters. The van der Waals surface area contributed by atoms with Gasteiger partial charge in [0.25, 0.3) is 0 Å². The van der Waals surface area contributed by atoms with E-state index in [9.17, 15) is 9.90 Å². The Hall–Kier alpha value is -1.27. The topological polar surface area (TPSA) is 81.8 Å². The van der Waals surface area contributed by atoms with Gasteiger partial charge in [-0.25, -0.2) is 0 Å². The fourth-order valence-corrected chi connectivity index (χ4v) is 2.31. The first-order chi connectivity index (χ1) is 9.25. The smallest absolute Gasteiger partial charge is 0.313 e. The maximum absolute atomic E-state index is 11.8. The number of carbonyl (C=O) groups excluding carboxylic acids is 1. The van der Waals surface area contributed by atoms with Crippen molar-refractivity contribution in [2.24, 2.45) is 11.1 Å². The van der Waals surface area contributed by atoms with Crippen LogP contribution in [0.2, 0.25) is 0 Å². The van der Waals surface area contributed by atoms with E-state index in [1.807, 2.05) is 6.92 Å². The number of methoxy groups -OCH3 is 1. The van der Waals surface area contributed by atoms with Crippen molar-refractivity contribution in [1.29, 1.82) is 0 Å². The summed E-state index contributed by atoms with van der Waals surface area (Å²) in [6, 6.07) is 2.72. The van der Waals surface area contributed by atoms with E-state index in [0.29, 0.717) is 22.4 Å². The summed E-state index contributed by atoms with van der Waals surface area (Å²) in [5, 5.41) is 9.89. The normalized spacial score (nSPS) is 12.9. The van der Waals surface area contributed by atoms with Gasteiger partial charge < -0.3 is 20.3 Å². The van der Waals surface area contributed by atoms with Crippen molar-refractivity contribution in [2.45, 2.75) is 26.8 Å². The van der Waals surface area contributed by atoms with Crippen LogP contribution >= 0.6 is 15.9 Å². The van der Waals surface area contributed by atoms with E-state index in [2.05, 4.69) is 15.9 Å². The molecular formula is C14H20BrNO4. The Morgan fingerprint density at radius 3 is 2.60 bits per heavy atom. The number of benzene rings is 1. The van der Waals surface area contributed by atoms with Crippen LogP contribution in [-0.4, -0.2) is 24.8 Å². The number of hydrogen-bond acceptors (Lipinski definition) is 5. The lowest BCUT2D eigenvalue weighted by molar-refractivity contribution is -0.152. The van der Waals surface area contributed by atoms with E-state index in [0.717, 1.165) is 0 Å². The number of aromatic hydroxyl groups is 1. The van der Waals surface area contributed by atoms with Crippen molar-refractivity contribution in [1.82, 2.24) is 0 Å². The Labute approximate surface area is 127 Å². The highest BCUT2D eigenvalue weighted by atomic mass is 79.9. The molecule has 112 valence electrons. The number of ether oxygens (including phenoxy) is 2. The van der Waals surface area contributed by atoms with Crippen LogP contribution in [0.1, 0.15) is 32.4 Å². The highest BCUT2D eigenvalue weighted by Crippen LogP contribution is 2.40. The molecule has 3 N–H and O–H groups in total. The number of phenols is 1. The van der Waals surface area contributed by atoms with Gasteiger partial charge in [-0.1, -0.05) is 0 Å². The Morgan fingerprint density at radius 2 is 2.10 bits per heavy atom. The largest absolute Gasteiger partial charge is 0.503 e. The second-order valence-electron chi connectivity index (χ2n) is 4.97. The summed E-state index contributed by atoms with van der Waals surface area (Å²) in [5.74, 6) is -0.0566. The van der Waals surface area contributed by atoms with E-state index in [1.54, 1.807) is 26.0 Å². The van der Waals surface area contributed by atoms with Crippen molar-refractivity contribution in [2.75, 3.05) is 13.7 Å². The minimum Gasteiger partial charge on any atom is -0.503 e. The van der Waals surface area contributed by atoms with Crippen LogP contribution in [0.25, 0.3) is 0 Å². The van der Waals surface area contributed by atoms with Crippen LogP contribution in [0.4, 0.5) is 0 Å². The molecule has 6 heteroatoms. The number of rotatable bonds is 5. The molecule has 1 rings (SSSR count). The number of hydrogen-bond donors (Lipinski definition) is 2. The lowest BCUT2D eigenvalue weighted by Crippen LogP contribution is -2.37. The summed E-state index contributed by atoms with van der Waals surface area (Å²) in [5.41, 5.74) is 5.95. The maximum Gasteiger partial charge on any atom is 0.313 e. The first-order valence-corrected chi connectivity index (χ1v) is 7.04. The molecule has 0 aliphatic rings. The molecule has 0 saturated heterocycles. The molecule has 0 unspecified atom stereocenters. The molecule has 0 saturated carbocycles. The van der Waals surface area contributed by atoms with Crippen molar-refractivity contribution >= 4 is 21.9 Å². The number of halogens is 1. The quantitative estimate of drug-likeness (QED) is 0.801. The average Bonchev–Trinajstić information content (AvgIpc) is 2.41. The molecule has 0 radical (unpaired) electrons. The zero-order valence-electron chi connectivity index (χ0n) is 12.1. The second kappa shape index (κ2) is 6.45. The van der Waals surface area contributed by atoms with E-state index >= 15 is 0 Å². The summed E-state index contributed by atoms with van der Waals surface area (Å²) in [6.07, 6.45) is 0. The van der Waals surface area contributed by atoms with E-state index < -0.39 is 17.4 Å². The number of carbonyl (C=O) groups is 1. The van der Waals surface area contributed by atoms with Crippen molar-refractivity contribution in [3.63, 3.8) is 0 Å². The van der Waals surface area contributed by atoms with Crippen LogP contribution in [0.15, 0.2) is 16.6 Å². The van der Waals surface area contributed by atoms with Gasteiger partial charge in [-0.15, -0.1) is 0 Å². The molecule has 0 heterocycles. The summed E-state index contributed by atoms with van der Waals surface area (Å²) in [4.78, 5) is 11.8. The monoisotopic (exact) mass is 345 g/mol. The van der Waals surface area contributed by atoms with Crippen molar-refractivity contribution in [3.8, 4) is 11.5 Å². The lowest BCUT2D eigenvalue weighted by atomic mass is 9.81. The first kappa shape index (κ1) is 16.8. The summed E-state index contributed by atoms with van der Waals surface area (Å²) < 4.78 is 10.6. The predicted molar refractivity (Wildman–Crippen MR) is 79.7 cm³/mol. The fourth-order valence-electron chi connectivity index (χ4n) is 1.85. The maximum atomic E-state index is 11.8. The van der Waals surface area contributed by atoms with Gasteiger partial charge in [0.15, 0.2) is 11.5 Å². The summed E-state index contributed by atoms with van der Waals surface area (Å²) in [7, 11) is 1.33. The fraction of sp³-hybridized carbons (Fsp3) is 0.500. The first-order valence-electron chi connectivity index (χ1n) is 6.24. The third-order valence-corrected chi connectivity index (χ3v) is 3.80. The molecule has 0 spiro atoms. The molecular weight excluding hydrogens is 326 g/mol. The number of phenolic OH excluding ortho intramolecular Hbond substituents is 1. The molecule has 0 fully saturated rings. The zero-order valence-corrected chi connectivity index (χ0v) is 13.7. The Balaban J connectivity index is 3.22. The third kappa shape index (κ3) is 3.24. The van der Waals surface area contributed by atoms with Crippen LogP contribution in [-0.2, 0) is 9.53 Å². The average molecular weight is 346 g/mol. The van der Waals surface area contributed by atoms with Gasteiger partial charge in [-0.2, -0.15) is 0 Å². The highest BCUT2D eigenvalue weighted by molar-refractivity contribution is 9.10.